The van der Waals surface area contributed by atoms with Crippen LogP contribution >= 0.6 is 7.60 Å². The molecule has 2 N–H and O–H groups in total. The van der Waals surface area contributed by atoms with Crippen molar-refractivity contribution in [2.45, 2.75) is 26.9 Å². The quantitative estimate of drug-likeness (QED) is 0.651. The first kappa shape index (κ1) is 16.9. The SMILES string of the molecule is Cc1ccc(-c2c(CP(=O)(O)O)c(C)cc3ccccc23)c(C)c1. The summed E-state index contributed by atoms with van der Waals surface area (Å²) in [7, 11) is -4.16. The molecule has 4 heteroatoms. The monoisotopic (exact) mass is 340 g/mol. The van der Waals surface area contributed by atoms with Crippen LogP contribution in [-0.4, -0.2) is 9.79 Å². The van der Waals surface area contributed by atoms with Crippen LogP contribution in [0.3, 0.4) is 0 Å². The van der Waals surface area contributed by atoms with Crippen molar-refractivity contribution < 1.29 is 14.4 Å². The summed E-state index contributed by atoms with van der Waals surface area (Å²) in [6.45, 7) is 6.01. The van der Waals surface area contributed by atoms with Gasteiger partial charge < -0.3 is 9.79 Å². The van der Waals surface area contributed by atoms with Crippen molar-refractivity contribution in [3.8, 4) is 11.1 Å². The van der Waals surface area contributed by atoms with Crippen LogP contribution in [0.4, 0.5) is 0 Å². The molecule has 0 saturated heterocycles. The Balaban J connectivity index is 2.41. The van der Waals surface area contributed by atoms with Gasteiger partial charge in [0.2, 0.25) is 0 Å². The Bertz CT molecular complexity index is 970. The Labute approximate surface area is 142 Å². The van der Waals surface area contributed by atoms with E-state index < -0.39 is 7.60 Å². The minimum absolute atomic E-state index is 0.244. The molecule has 3 aromatic rings. The molecule has 0 bridgehead atoms. The van der Waals surface area contributed by atoms with Crippen LogP contribution in [0.1, 0.15) is 22.3 Å². The van der Waals surface area contributed by atoms with E-state index in [4.69, 9.17) is 0 Å². The summed E-state index contributed by atoms with van der Waals surface area (Å²) in [6, 6.07) is 16.2. The minimum atomic E-state index is -4.16. The van der Waals surface area contributed by atoms with Gasteiger partial charge in [-0.15, -0.1) is 0 Å². The first-order valence-electron chi connectivity index (χ1n) is 7.90. The Kier molecular flexibility index (Phi) is 4.35. The molecule has 3 rings (SSSR count). The highest BCUT2D eigenvalue weighted by atomic mass is 31.2. The van der Waals surface area contributed by atoms with E-state index in [0.717, 1.165) is 38.6 Å². The van der Waals surface area contributed by atoms with Crippen LogP contribution < -0.4 is 0 Å². The fraction of sp³-hybridized carbons (Fsp3) is 0.200. The molecule has 0 radical (unpaired) electrons. The molecule has 3 nitrogen and oxygen atoms in total. The number of rotatable bonds is 3. The maximum atomic E-state index is 11.7. The number of hydrogen-bond donors (Lipinski definition) is 2. The smallest absolute Gasteiger partial charge is 0.324 e. The van der Waals surface area contributed by atoms with Gasteiger partial charge in [0.1, 0.15) is 0 Å². The lowest BCUT2D eigenvalue weighted by molar-refractivity contribution is 0.371. The van der Waals surface area contributed by atoms with Gasteiger partial charge in [-0.05, 0) is 59.4 Å². The summed E-state index contributed by atoms with van der Waals surface area (Å²) >= 11 is 0. The third-order valence-corrected chi connectivity index (χ3v) is 5.12. The van der Waals surface area contributed by atoms with Crippen molar-refractivity contribution in [3.05, 3.63) is 70.8 Å². The summed E-state index contributed by atoms with van der Waals surface area (Å²) in [5.74, 6) is 0. The summed E-state index contributed by atoms with van der Waals surface area (Å²) in [4.78, 5) is 19.1. The first-order chi connectivity index (χ1) is 11.3. The van der Waals surface area contributed by atoms with Crippen molar-refractivity contribution in [3.63, 3.8) is 0 Å². The topological polar surface area (TPSA) is 57.5 Å². The molecular formula is C20H21O3P. The van der Waals surface area contributed by atoms with E-state index in [2.05, 4.69) is 12.1 Å². The number of fused-ring (bicyclic) bond motifs is 1. The van der Waals surface area contributed by atoms with Gasteiger partial charge in [-0.1, -0.05) is 54.1 Å². The zero-order valence-electron chi connectivity index (χ0n) is 14.1. The summed E-state index contributed by atoms with van der Waals surface area (Å²) in [6.07, 6.45) is -0.244. The Morgan fingerprint density at radius 1 is 0.917 bits per heavy atom. The predicted octanol–water partition coefficient (Wildman–Crippen LogP) is 5.11. The second-order valence-electron chi connectivity index (χ2n) is 6.41. The fourth-order valence-electron chi connectivity index (χ4n) is 3.34. The van der Waals surface area contributed by atoms with Crippen LogP contribution in [0.25, 0.3) is 21.9 Å². The average molecular weight is 340 g/mol. The highest BCUT2D eigenvalue weighted by Crippen LogP contribution is 2.45. The standard InChI is InChI=1S/C20H21O3P/c1-13-8-9-17(14(2)10-13)20-18-7-5-4-6-16(18)11-15(3)19(20)12-24(21,22)23/h4-11H,12H2,1-3H3,(H2,21,22,23). The average Bonchev–Trinajstić information content (AvgIpc) is 2.48. The molecule has 0 aliphatic carbocycles. The van der Waals surface area contributed by atoms with Crippen molar-refractivity contribution >= 4 is 18.4 Å². The molecule has 3 aromatic carbocycles. The first-order valence-corrected chi connectivity index (χ1v) is 9.69. The van der Waals surface area contributed by atoms with Crippen molar-refractivity contribution in [1.82, 2.24) is 0 Å². The van der Waals surface area contributed by atoms with Gasteiger partial charge in [-0.2, -0.15) is 0 Å². The van der Waals surface area contributed by atoms with E-state index >= 15 is 0 Å². The van der Waals surface area contributed by atoms with E-state index in [1.807, 2.05) is 57.2 Å². The van der Waals surface area contributed by atoms with Crippen LogP contribution in [0.5, 0.6) is 0 Å². The maximum Gasteiger partial charge on any atom is 0.329 e. The number of hydrogen-bond acceptors (Lipinski definition) is 1. The Morgan fingerprint density at radius 2 is 1.62 bits per heavy atom. The van der Waals surface area contributed by atoms with Crippen molar-refractivity contribution in [2.75, 3.05) is 0 Å². The minimum Gasteiger partial charge on any atom is -0.324 e. The molecule has 0 aromatic heterocycles. The highest BCUT2D eigenvalue weighted by Gasteiger charge is 2.22. The summed E-state index contributed by atoms with van der Waals surface area (Å²) < 4.78 is 11.7. The van der Waals surface area contributed by atoms with Crippen LogP contribution in [0, 0.1) is 20.8 Å². The third kappa shape index (κ3) is 3.29. The van der Waals surface area contributed by atoms with Crippen molar-refractivity contribution in [1.29, 1.82) is 0 Å². The van der Waals surface area contributed by atoms with Crippen molar-refractivity contribution in [2.24, 2.45) is 0 Å². The molecule has 0 aliphatic heterocycles. The van der Waals surface area contributed by atoms with E-state index in [-0.39, 0.29) is 6.16 Å². The van der Waals surface area contributed by atoms with E-state index in [1.165, 1.54) is 5.56 Å². The summed E-state index contributed by atoms with van der Waals surface area (Å²) in [5, 5.41) is 2.11. The largest absolute Gasteiger partial charge is 0.329 e. The van der Waals surface area contributed by atoms with Gasteiger partial charge in [0, 0.05) is 0 Å². The normalized spacial score (nSPS) is 11.9. The molecule has 24 heavy (non-hydrogen) atoms. The molecule has 0 heterocycles. The molecule has 0 atom stereocenters. The van der Waals surface area contributed by atoms with Crippen LogP contribution in [-0.2, 0) is 10.7 Å². The molecule has 0 spiro atoms. The number of benzene rings is 3. The zero-order valence-corrected chi connectivity index (χ0v) is 15.0. The predicted molar refractivity (Wildman–Crippen MR) is 99.3 cm³/mol. The van der Waals surface area contributed by atoms with Gasteiger partial charge in [0.15, 0.2) is 0 Å². The van der Waals surface area contributed by atoms with Gasteiger partial charge >= 0.3 is 7.60 Å². The van der Waals surface area contributed by atoms with Crippen LogP contribution in [0.2, 0.25) is 0 Å². The second kappa shape index (κ2) is 6.18. The molecule has 0 unspecified atom stereocenters. The molecule has 0 saturated carbocycles. The van der Waals surface area contributed by atoms with E-state index in [1.54, 1.807) is 0 Å². The van der Waals surface area contributed by atoms with Gasteiger partial charge in [0.05, 0.1) is 6.16 Å². The fourth-order valence-corrected chi connectivity index (χ4v) is 4.16. The highest BCUT2D eigenvalue weighted by molar-refractivity contribution is 7.50. The van der Waals surface area contributed by atoms with Gasteiger partial charge in [-0.25, -0.2) is 0 Å². The van der Waals surface area contributed by atoms with E-state index in [0.29, 0.717) is 0 Å². The molecule has 0 amide bonds. The lowest BCUT2D eigenvalue weighted by atomic mass is 9.88. The van der Waals surface area contributed by atoms with E-state index in [9.17, 15) is 14.4 Å². The Morgan fingerprint density at radius 3 is 2.29 bits per heavy atom. The molecule has 0 fully saturated rings. The van der Waals surface area contributed by atoms with Crippen LogP contribution in [0.15, 0.2) is 48.5 Å². The molecular weight excluding hydrogens is 319 g/mol. The zero-order chi connectivity index (χ0) is 17.5. The molecule has 0 aliphatic rings. The Hall–Kier alpha value is -1.93. The maximum absolute atomic E-state index is 11.7. The van der Waals surface area contributed by atoms with Gasteiger partial charge in [-0.3, -0.25) is 4.57 Å². The lowest BCUT2D eigenvalue weighted by Gasteiger charge is -2.19. The molecule has 124 valence electrons. The second-order valence-corrected chi connectivity index (χ2v) is 8.05. The van der Waals surface area contributed by atoms with Gasteiger partial charge in [0.25, 0.3) is 0 Å². The third-order valence-electron chi connectivity index (χ3n) is 4.40. The lowest BCUT2D eigenvalue weighted by Crippen LogP contribution is -1.98. The summed E-state index contributed by atoms with van der Waals surface area (Å²) in [5.41, 5.74) is 5.89. The number of aryl methyl sites for hydroxylation is 3.